The van der Waals surface area contributed by atoms with E-state index in [1.54, 1.807) is 14.0 Å². The maximum atomic E-state index is 13.3. The van der Waals surface area contributed by atoms with Gasteiger partial charge in [0.1, 0.15) is 11.6 Å². The molecule has 1 aromatic rings. The number of carbonyl (C=O) groups excluding carboxylic acids is 2. The molecule has 1 saturated heterocycles. The summed E-state index contributed by atoms with van der Waals surface area (Å²) in [7, 11) is 1.71. The van der Waals surface area contributed by atoms with Crippen LogP contribution >= 0.6 is 0 Å². The Hall–Kier alpha value is -1.92. The van der Waals surface area contributed by atoms with Crippen molar-refractivity contribution >= 4 is 11.9 Å². The monoisotopic (exact) mass is 460 g/mol. The van der Waals surface area contributed by atoms with Crippen molar-refractivity contribution in [1.82, 2.24) is 10.2 Å². The van der Waals surface area contributed by atoms with Gasteiger partial charge in [-0.15, -0.1) is 0 Å². The fraction of sp³-hybridized carbons (Fsp3) is 0.704. The summed E-state index contributed by atoms with van der Waals surface area (Å²) < 4.78 is 11.3. The van der Waals surface area contributed by atoms with E-state index >= 15 is 0 Å². The molecule has 6 heteroatoms. The molecule has 6 nitrogen and oxygen atoms in total. The lowest BCUT2D eigenvalue weighted by molar-refractivity contribution is -0.161. The molecule has 33 heavy (non-hydrogen) atoms. The van der Waals surface area contributed by atoms with E-state index in [0.29, 0.717) is 6.61 Å². The van der Waals surface area contributed by atoms with Crippen LogP contribution in [0.25, 0.3) is 0 Å². The molecule has 0 spiro atoms. The van der Waals surface area contributed by atoms with Gasteiger partial charge in [0.25, 0.3) is 0 Å². The van der Waals surface area contributed by atoms with Gasteiger partial charge in [0, 0.05) is 32.7 Å². The molecule has 1 aliphatic heterocycles. The summed E-state index contributed by atoms with van der Waals surface area (Å²) in [6.07, 6.45) is 3.51. The highest BCUT2D eigenvalue weighted by atomic mass is 16.6. The van der Waals surface area contributed by atoms with Crippen LogP contribution in [0.2, 0.25) is 0 Å². The number of nitrogens with one attached hydrogen (secondary N) is 1. The van der Waals surface area contributed by atoms with E-state index in [0.717, 1.165) is 32.2 Å². The second kappa shape index (κ2) is 12.5. The van der Waals surface area contributed by atoms with Crippen LogP contribution < -0.4 is 5.32 Å². The molecule has 1 N–H and O–H groups in total. The number of hydrogen-bond donors (Lipinski definition) is 1. The Balaban J connectivity index is 2.45. The molecular formula is C27H44N2O4. The number of methoxy groups -OCH3 is 1. The van der Waals surface area contributed by atoms with Crippen molar-refractivity contribution in [3.8, 4) is 0 Å². The first kappa shape index (κ1) is 27.3. The predicted molar refractivity (Wildman–Crippen MR) is 132 cm³/mol. The predicted octanol–water partition coefficient (Wildman–Crippen LogP) is 4.22. The summed E-state index contributed by atoms with van der Waals surface area (Å²) in [5.41, 5.74) is 0.695. The van der Waals surface area contributed by atoms with E-state index in [2.05, 4.69) is 48.3 Å². The van der Waals surface area contributed by atoms with Crippen molar-refractivity contribution in [3.63, 3.8) is 0 Å². The van der Waals surface area contributed by atoms with Crippen molar-refractivity contribution < 1.29 is 19.1 Å². The summed E-state index contributed by atoms with van der Waals surface area (Å²) in [5.74, 6) is 0.278. The highest BCUT2D eigenvalue weighted by Crippen LogP contribution is 2.34. The smallest absolute Gasteiger partial charge is 0.323 e. The maximum Gasteiger partial charge on any atom is 0.323 e. The van der Waals surface area contributed by atoms with Crippen LogP contribution in [0.5, 0.6) is 0 Å². The zero-order chi connectivity index (χ0) is 24.6. The standard InChI is InChI=1S/C27H44N2O4/c1-8-12-23(19(2)28-20(3)30)24(15-21-13-10-9-11-14-21)29-17-22(18-32-7)16-25(29)26(31)33-27(4,5)6/h9-11,13-14,19,22-25H,8,12,15-18H2,1-7H3,(H,28,30)/t19?,22?,23-,24-,25?/m0/s1. The second-order valence-corrected chi connectivity index (χ2v) is 10.5. The fourth-order valence-corrected chi connectivity index (χ4v) is 5.18. The highest BCUT2D eigenvalue weighted by molar-refractivity contribution is 5.76. The van der Waals surface area contributed by atoms with Gasteiger partial charge in [-0.2, -0.15) is 0 Å². The molecule has 3 unspecified atom stereocenters. The molecule has 2 rings (SSSR count). The van der Waals surface area contributed by atoms with E-state index in [9.17, 15) is 9.59 Å². The van der Waals surface area contributed by atoms with Crippen LogP contribution in [0.4, 0.5) is 0 Å². The molecule has 0 radical (unpaired) electrons. The Bertz CT molecular complexity index is 746. The van der Waals surface area contributed by atoms with Gasteiger partial charge in [-0.3, -0.25) is 14.5 Å². The van der Waals surface area contributed by atoms with Gasteiger partial charge in [-0.25, -0.2) is 0 Å². The Morgan fingerprint density at radius 3 is 2.42 bits per heavy atom. The maximum absolute atomic E-state index is 13.3. The van der Waals surface area contributed by atoms with Crippen molar-refractivity contribution in [1.29, 1.82) is 0 Å². The SMILES string of the molecule is CCC[C@@H](C(C)NC(C)=O)[C@H](Cc1ccccc1)N1CC(COC)CC1C(=O)OC(C)(C)C. The van der Waals surface area contributed by atoms with Crippen molar-refractivity contribution in [2.24, 2.45) is 11.8 Å². The van der Waals surface area contributed by atoms with Crippen LogP contribution in [0.15, 0.2) is 30.3 Å². The van der Waals surface area contributed by atoms with E-state index in [4.69, 9.17) is 9.47 Å². The third kappa shape index (κ3) is 8.42. The number of carbonyl (C=O) groups is 2. The highest BCUT2D eigenvalue weighted by Gasteiger charge is 2.45. The lowest BCUT2D eigenvalue weighted by atomic mass is 9.83. The molecule has 1 aliphatic rings. The van der Waals surface area contributed by atoms with Crippen molar-refractivity contribution in [2.75, 3.05) is 20.3 Å². The van der Waals surface area contributed by atoms with Gasteiger partial charge in [-0.05, 0) is 64.4 Å². The summed E-state index contributed by atoms with van der Waals surface area (Å²) in [6, 6.07) is 10.2. The van der Waals surface area contributed by atoms with Gasteiger partial charge in [0.2, 0.25) is 5.91 Å². The largest absolute Gasteiger partial charge is 0.459 e. The van der Waals surface area contributed by atoms with Gasteiger partial charge >= 0.3 is 5.97 Å². The number of amides is 1. The molecule has 5 atom stereocenters. The van der Waals surface area contributed by atoms with Gasteiger partial charge in [0.15, 0.2) is 0 Å². The Labute approximate surface area is 200 Å². The number of hydrogen-bond acceptors (Lipinski definition) is 5. The topological polar surface area (TPSA) is 67.9 Å². The number of esters is 1. The van der Waals surface area contributed by atoms with Crippen LogP contribution in [0.3, 0.4) is 0 Å². The molecule has 186 valence electrons. The summed E-state index contributed by atoms with van der Waals surface area (Å²) in [5, 5.41) is 3.13. The number of ether oxygens (including phenoxy) is 2. The second-order valence-electron chi connectivity index (χ2n) is 10.5. The van der Waals surface area contributed by atoms with Crippen molar-refractivity contribution in [3.05, 3.63) is 35.9 Å². The van der Waals surface area contributed by atoms with Gasteiger partial charge in [-0.1, -0.05) is 43.7 Å². The van der Waals surface area contributed by atoms with E-state index in [1.807, 2.05) is 26.8 Å². The molecule has 1 fully saturated rings. The average molecular weight is 461 g/mol. The molecule has 0 aromatic heterocycles. The van der Waals surface area contributed by atoms with Crippen LogP contribution in [0, 0.1) is 11.8 Å². The van der Waals surface area contributed by atoms with E-state index in [-0.39, 0.29) is 41.8 Å². The lowest BCUT2D eigenvalue weighted by Gasteiger charge is -2.41. The molecular weight excluding hydrogens is 416 g/mol. The minimum atomic E-state index is -0.538. The van der Waals surface area contributed by atoms with Gasteiger partial charge < -0.3 is 14.8 Å². The number of benzene rings is 1. The Morgan fingerprint density at radius 1 is 1.21 bits per heavy atom. The fourth-order valence-electron chi connectivity index (χ4n) is 5.18. The number of nitrogens with zero attached hydrogens (tertiary/aromatic N) is 1. The third-order valence-electron chi connectivity index (χ3n) is 6.41. The minimum absolute atomic E-state index is 0.00285. The quantitative estimate of drug-likeness (QED) is 0.501. The van der Waals surface area contributed by atoms with Crippen molar-refractivity contribution in [2.45, 2.75) is 91.0 Å². The Morgan fingerprint density at radius 2 is 1.88 bits per heavy atom. The third-order valence-corrected chi connectivity index (χ3v) is 6.41. The molecule has 0 saturated carbocycles. The molecule has 1 heterocycles. The summed E-state index contributed by atoms with van der Waals surface area (Å²) in [4.78, 5) is 27.6. The van der Waals surface area contributed by atoms with Crippen LogP contribution in [-0.4, -0.2) is 60.8 Å². The molecule has 1 amide bonds. The zero-order valence-corrected chi connectivity index (χ0v) is 21.6. The Kier molecular flexibility index (Phi) is 10.4. The van der Waals surface area contributed by atoms with E-state index < -0.39 is 5.60 Å². The van der Waals surface area contributed by atoms with Crippen LogP contribution in [-0.2, 0) is 25.5 Å². The van der Waals surface area contributed by atoms with Gasteiger partial charge in [0.05, 0.1) is 6.61 Å². The molecule has 1 aromatic carbocycles. The first-order chi connectivity index (χ1) is 15.6. The molecule has 0 bridgehead atoms. The minimum Gasteiger partial charge on any atom is -0.459 e. The number of rotatable bonds is 11. The molecule has 0 aliphatic carbocycles. The summed E-state index contributed by atoms with van der Waals surface area (Å²) in [6.45, 7) is 13.0. The van der Waals surface area contributed by atoms with E-state index in [1.165, 1.54) is 5.56 Å². The average Bonchev–Trinajstić information content (AvgIpc) is 3.14. The normalized spacial score (nSPS) is 21.9. The first-order valence-corrected chi connectivity index (χ1v) is 12.3. The number of likely N-dealkylation sites (tertiary alicyclic amines) is 1. The summed E-state index contributed by atoms with van der Waals surface area (Å²) >= 11 is 0. The first-order valence-electron chi connectivity index (χ1n) is 12.3. The lowest BCUT2D eigenvalue weighted by Crippen LogP contribution is -2.54. The van der Waals surface area contributed by atoms with Crippen LogP contribution in [0.1, 0.15) is 66.4 Å². The zero-order valence-electron chi connectivity index (χ0n) is 21.6.